The van der Waals surface area contributed by atoms with Crippen molar-refractivity contribution < 1.29 is 0 Å². The zero-order valence-corrected chi connectivity index (χ0v) is 11.4. The molecule has 1 fully saturated rings. The molecule has 1 aliphatic heterocycles. The van der Waals surface area contributed by atoms with Gasteiger partial charge in [0.15, 0.2) is 0 Å². The summed E-state index contributed by atoms with van der Waals surface area (Å²) < 4.78 is 0. The summed E-state index contributed by atoms with van der Waals surface area (Å²) in [5.74, 6) is 8.41. The fourth-order valence-electron chi connectivity index (χ4n) is 2.05. The minimum atomic E-state index is 0.399. The first-order valence-corrected chi connectivity index (χ1v) is 6.16. The van der Waals surface area contributed by atoms with E-state index in [1.165, 1.54) is 0 Å². The fraction of sp³-hybridized carbons (Fsp3) is 0.727. The Kier molecular flexibility index (Phi) is 3.51. The van der Waals surface area contributed by atoms with Crippen LogP contribution in [0.15, 0.2) is 0 Å². The number of nitrogen functional groups attached to an aromatic ring is 1. The molecule has 2 unspecified atom stereocenters. The molecule has 1 aromatic heterocycles. The minimum absolute atomic E-state index is 0.399. The first-order valence-electron chi connectivity index (χ1n) is 6.16. The van der Waals surface area contributed by atoms with E-state index in [-0.39, 0.29) is 0 Å². The molecule has 7 heteroatoms. The lowest BCUT2D eigenvalue weighted by Crippen LogP contribution is -2.25. The molecule has 1 aliphatic rings. The number of hydrazine groups is 1. The Bertz CT molecular complexity index is 410. The number of rotatable bonds is 3. The summed E-state index contributed by atoms with van der Waals surface area (Å²) in [7, 11) is 3.79. The maximum atomic E-state index is 5.40. The molecule has 0 radical (unpaired) electrons. The van der Waals surface area contributed by atoms with Crippen molar-refractivity contribution in [3.05, 3.63) is 0 Å². The molecule has 100 valence electrons. The van der Waals surface area contributed by atoms with Crippen LogP contribution in [-0.2, 0) is 0 Å². The molecule has 18 heavy (non-hydrogen) atoms. The third-order valence-corrected chi connectivity index (χ3v) is 3.41. The molecular weight excluding hydrogens is 230 g/mol. The van der Waals surface area contributed by atoms with Gasteiger partial charge in [-0.05, 0) is 11.8 Å². The Morgan fingerprint density at radius 3 is 2.28 bits per heavy atom. The van der Waals surface area contributed by atoms with Gasteiger partial charge < -0.3 is 9.80 Å². The van der Waals surface area contributed by atoms with Crippen LogP contribution in [0.25, 0.3) is 0 Å². The van der Waals surface area contributed by atoms with Gasteiger partial charge in [0.1, 0.15) is 0 Å². The Balaban J connectivity index is 2.30. The second-order valence-corrected chi connectivity index (χ2v) is 5.16. The lowest BCUT2D eigenvalue weighted by atomic mass is 10.0. The van der Waals surface area contributed by atoms with E-state index < -0.39 is 0 Å². The highest BCUT2D eigenvalue weighted by Gasteiger charge is 2.28. The highest BCUT2D eigenvalue weighted by molar-refractivity contribution is 5.44. The van der Waals surface area contributed by atoms with E-state index >= 15 is 0 Å². The van der Waals surface area contributed by atoms with Crippen molar-refractivity contribution in [2.24, 2.45) is 17.7 Å². The Morgan fingerprint density at radius 2 is 1.78 bits per heavy atom. The summed E-state index contributed by atoms with van der Waals surface area (Å²) in [4.78, 5) is 17.0. The molecule has 0 spiro atoms. The number of aromatic nitrogens is 3. The van der Waals surface area contributed by atoms with E-state index in [0.29, 0.717) is 29.7 Å². The van der Waals surface area contributed by atoms with Crippen LogP contribution in [0.1, 0.15) is 13.8 Å². The van der Waals surface area contributed by atoms with Crippen LogP contribution in [0, 0.1) is 11.8 Å². The van der Waals surface area contributed by atoms with Crippen LogP contribution in [-0.4, -0.2) is 42.1 Å². The SMILES string of the molecule is CC1CN(c2nc(NN)nc(N(C)C)n2)CC1C. The standard InChI is InChI=1S/C11H21N7/c1-7-5-18(6-8(7)2)11-14-9(16-12)13-10(15-11)17(3)4/h7-8H,5-6,12H2,1-4H3,(H,13,14,15,16). The second-order valence-electron chi connectivity index (χ2n) is 5.16. The average molecular weight is 251 g/mol. The lowest BCUT2D eigenvalue weighted by molar-refractivity contribution is 0.494. The molecule has 1 aromatic rings. The van der Waals surface area contributed by atoms with Crippen molar-refractivity contribution in [1.82, 2.24) is 15.0 Å². The molecule has 0 aromatic carbocycles. The van der Waals surface area contributed by atoms with Gasteiger partial charge in [0.2, 0.25) is 17.8 Å². The van der Waals surface area contributed by atoms with Crippen molar-refractivity contribution >= 4 is 17.8 Å². The molecule has 1 saturated heterocycles. The maximum Gasteiger partial charge on any atom is 0.243 e. The van der Waals surface area contributed by atoms with Gasteiger partial charge in [-0.25, -0.2) is 5.84 Å². The molecule has 3 N–H and O–H groups in total. The van der Waals surface area contributed by atoms with Gasteiger partial charge in [-0.15, -0.1) is 0 Å². The molecule has 0 aliphatic carbocycles. The third-order valence-electron chi connectivity index (χ3n) is 3.41. The molecule has 2 heterocycles. The first-order chi connectivity index (χ1) is 8.51. The van der Waals surface area contributed by atoms with Crippen LogP contribution in [0.5, 0.6) is 0 Å². The summed E-state index contributed by atoms with van der Waals surface area (Å²) in [5.41, 5.74) is 2.49. The summed E-state index contributed by atoms with van der Waals surface area (Å²) in [6, 6.07) is 0. The van der Waals surface area contributed by atoms with Crippen molar-refractivity contribution in [2.75, 3.05) is 42.4 Å². The van der Waals surface area contributed by atoms with Gasteiger partial charge >= 0.3 is 0 Å². The average Bonchev–Trinajstić information content (AvgIpc) is 2.69. The normalized spacial score (nSPS) is 23.3. The Hall–Kier alpha value is -1.63. The van der Waals surface area contributed by atoms with E-state index in [9.17, 15) is 0 Å². The van der Waals surface area contributed by atoms with Crippen LogP contribution in [0.2, 0.25) is 0 Å². The highest BCUT2D eigenvalue weighted by Crippen LogP contribution is 2.26. The van der Waals surface area contributed by atoms with Crippen molar-refractivity contribution in [1.29, 1.82) is 0 Å². The predicted octanol–water partition coefficient (Wildman–Crippen LogP) is 0.315. The van der Waals surface area contributed by atoms with Crippen LogP contribution in [0.3, 0.4) is 0 Å². The molecule has 0 saturated carbocycles. The van der Waals surface area contributed by atoms with Crippen molar-refractivity contribution in [2.45, 2.75) is 13.8 Å². The monoisotopic (exact) mass is 251 g/mol. The molecule has 0 amide bonds. The zero-order chi connectivity index (χ0) is 13.3. The van der Waals surface area contributed by atoms with E-state index in [1.54, 1.807) is 0 Å². The van der Waals surface area contributed by atoms with Crippen LogP contribution < -0.4 is 21.1 Å². The van der Waals surface area contributed by atoms with E-state index in [4.69, 9.17) is 5.84 Å². The summed E-state index contributed by atoms with van der Waals surface area (Å²) in [6.07, 6.45) is 0. The van der Waals surface area contributed by atoms with Crippen molar-refractivity contribution in [3.8, 4) is 0 Å². The Labute approximate surface area is 107 Å². The second kappa shape index (κ2) is 4.93. The topological polar surface area (TPSA) is 83.2 Å². The van der Waals surface area contributed by atoms with Crippen LogP contribution in [0.4, 0.5) is 17.8 Å². The zero-order valence-electron chi connectivity index (χ0n) is 11.4. The first kappa shape index (κ1) is 12.8. The number of hydrogen-bond donors (Lipinski definition) is 2. The summed E-state index contributed by atoms with van der Waals surface area (Å²) in [5, 5.41) is 0. The quantitative estimate of drug-likeness (QED) is 0.591. The molecule has 0 bridgehead atoms. The Morgan fingerprint density at radius 1 is 1.17 bits per heavy atom. The lowest BCUT2D eigenvalue weighted by Gasteiger charge is -2.19. The smallest absolute Gasteiger partial charge is 0.243 e. The van der Waals surface area contributed by atoms with Gasteiger partial charge in [0.25, 0.3) is 0 Å². The van der Waals surface area contributed by atoms with Gasteiger partial charge in [0, 0.05) is 27.2 Å². The van der Waals surface area contributed by atoms with E-state index in [0.717, 1.165) is 13.1 Å². The van der Waals surface area contributed by atoms with Gasteiger partial charge in [-0.3, -0.25) is 5.43 Å². The summed E-state index contributed by atoms with van der Waals surface area (Å²) >= 11 is 0. The van der Waals surface area contributed by atoms with Gasteiger partial charge in [-0.2, -0.15) is 15.0 Å². The number of hydrogen-bond acceptors (Lipinski definition) is 7. The van der Waals surface area contributed by atoms with E-state index in [2.05, 4.69) is 39.1 Å². The number of nitrogens with zero attached hydrogens (tertiary/aromatic N) is 5. The summed E-state index contributed by atoms with van der Waals surface area (Å²) in [6.45, 7) is 6.45. The van der Waals surface area contributed by atoms with Crippen LogP contribution >= 0.6 is 0 Å². The molecule has 7 nitrogen and oxygen atoms in total. The predicted molar refractivity (Wildman–Crippen MR) is 72.5 cm³/mol. The van der Waals surface area contributed by atoms with E-state index in [1.807, 2.05) is 19.0 Å². The minimum Gasteiger partial charge on any atom is -0.347 e. The highest BCUT2D eigenvalue weighted by atomic mass is 15.4. The number of anilines is 3. The van der Waals surface area contributed by atoms with Gasteiger partial charge in [0.05, 0.1) is 0 Å². The fourth-order valence-corrected chi connectivity index (χ4v) is 2.05. The molecular formula is C11H21N7. The van der Waals surface area contributed by atoms with Gasteiger partial charge in [-0.1, -0.05) is 13.8 Å². The third kappa shape index (κ3) is 2.45. The largest absolute Gasteiger partial charge is 0.347 e. The molecule has 2 rings (SSSR count). The number of nitrogens with two attached hydrogens (primary N) is 1. The van der Waals surface area contributed by atoms with Crippen molar-refractivity contribution in [3.63, 3.8) is 0 Å². The molecule has 2 atom stereocenters. The number of nitrogens with one attached hydrogen (secondary N) is 1. The maximum absolute atomic E-state index is 5.40.